The van der Waals surface area contributed by atoms with Crippen LogP contribution in [0.1, 0.15) is 251 Å². The van der Waals surface area contributed by atoms with Crippen molar-refractivity contribution in [2.24, 2.45) is 5.73 Å². The van der Waals surface area contributed by atoms with Gasteiger partial charge in [0.25, 0.3) is 0 Å². The molecule has 1 amide bonds. The Labute approximate surface area is 358 Å². The number of aliphatic hydroxyl groups is 2. The van der Waals surface area contributed by atoms with Crippen LogP contribution in [-0.2, 0) is 18.4 Å². The molecule has 0 aromatic heterocycles. The van der Waals surface area contributed by atoms with Gasteiger partial charge < -0.3 is 26.2 Å². The van der Waals surface area contributed by atoms with Crippen molar-refractivity contribution in [3.05, 3.63) is 12.2 Å². The summed E-state index contributed by atoms with van der Waals surface area (Å²) in [6.45, 7) is 4.01. The average molecular weight is 845 g/mol. The Kier molecular flexibility index (Phi) is 43.7. The highest BCUT2D eigenvalue weighted by atomic mass is 31.2. The minimum atomic E-state index is -4.40. The number of unbranched alkanes of at least 4 members (excludes halogenated alkanes) is 33. The van der Waals surface area contributed by atoms with Crippen LogP contribution in [0, 0.1) is 0 Å². The molecule has 0 radical (unpaired) electrons. The summed E-state index contributed by atoms with van der Waals surface area (Å²) in [5.74, 6) is -0.440. The lowest BCUT2D eigenvalue weighted by molar-refractivity contribution is -0.124. The molecule has 4 unspecified atom stereocenters. The Bertz CT molecular complexity index is 940. The van der Waals surface area contributed by atoms with Crippen molar-refractivity contribution in [3.63, 3.8) is 0 Å². The summed E-state index contributed by atoms with van der Waals surface area (Å²) in [5, 5.41) is 24.2. The zero-order chi connectivity index (χ0) is 42.6. The van der Waals surface area contributed by atoms with Crippen molar-refractivity contribution >= 4 is 13.7 Å². The lowest BCUT2D eigenvalue weighted by Crippen LogP contribution is -2.46. The summed E-state index contributed by atoms with van der Waals surface area (Å²) >= 11 is 0. The highest BCUT2D eigenvalue weighted by Gasteiger charge is 2.27. The molecule has 0 rings (SSSR count). The van der Waals surface area contributed by atoms with E-state index >= 15 is 0 Å². The van der Waals surface area contributed by atoms with Gasteiger partial charge in [-0.05, 0) is 19.3 Å². The number of phosphoric ester groups is 1. The van der Waals surface area contributed by atoms with Gasteiger partial charge in [-0.15, -0.1) is 0 Å². The third-order valence-corrected chi connectivity index (χ3v) is 12.4. The molecule has 0 bridgehead atoms. The first-order valence-electron chi connectivity index (χ1n) is 24.9. The van der Waals surface area contributed by atoms with Crippen molar-refractivity contribution in [2.45, 2.75) is 270 Å². The first kappa shape index (κ1) is 57.2. The molecular formula is C48H97N2O7P. The van der Waals surface area contributed by atoms with Gasteiger partial charge in [0, 0.05) is 6.54 Å². The van der Waals surface area contributed by atoms with E-state index in [2.05, 4.69) is 19.2 Å². The van der Waals surface area contributed by atoms with Gasteiger partial charge in [0.05, 0.1) is 37.9 Å². The summed E-state index contributed by atoms with van der Waals surface area (Å²) in [6.07, 6.45) is 47.3. The molecule has 0 saturated carbocycles. The van der Waals surface area contributed by atoms with Crippen molar-refractivity contribution < 1.29 is 33.5 Å². The Morgan fingerprint density at radius 2 is 0.948 bits per heavy atom. The van der Waals surface area contributed by atoms with Crippen molar-refractivity contribution in [1.29, 1.82) is 0 Å². The zero-order valence-electron chi connectivity index (χ0n) is 38.2. The second-order valence-corrected chi connectivity index (χ2v) is 18.7. The lowest BCUT2D eigenvalue weighted by atomic mass is 10.0. The van der Waals surface area contributed by atoms with Crippen molar-refractivity contribution in [1.82, 2.24) is 5.32 Å². The first-order valence-corrected chi connectivity index (χ1v) is 26.4. The normalized spacial score (nSPS) is 14.5. The zero-order valence-corrected chi connectivity index (χ0v) is 39.1. The molecule has 0 aromatic rings. The van der Waals surface area contributed by atoms with Gasteiger partial charge in [-0.1, -0.05) is 238 Å². The fourth-order valence-corrected chi connectivity index (χ4v) is 8.41. The fourth-order valence-electron chi connectivity index (χ4n) is 7.65. The minimum Gasteiger partial charge on any atom is -0.393 e. The van der Waals surface area contributed by atoms with E-state index in [1.165, 1.54) is 186 Å². The lowest BCUT2D eigenvalue weighted by Gasteiger charge is -2.24. The van der Waals surface area contributed by atoms with E-state index < -0.39 is 38.6 Å². The predicted molar refractivity (Wildman–Crippen MR) is 246 cm³/mol. The maximum atomic E-state index is 12.9. The maximum absolute atomic E-state index is 12.9. The van der Waals surface area contributed by atoms with E-state index in [4.69, 9.17) is 14.8 Å². The molecule has 346 valence electrons. The summed E-state index contributed by atoms with van der Waals surface area (Å²) in [4.78, 5) is 22.8. The van der Waals surface area contributed by atoms with E-state index in [0.717, 1.165) is 38.5 Å². The van der Waals surface area contributed by atoms with Gasteiger partial charge >= 0.3 is 7.82 Å². The summed E-state index contributed by atoms with van der Waals surface area (Å²) in [6, 6.07) is -0.978. The third-order valence-electron chi connectivity index (χ3n) is 11.4. The Morgan fingerprint density at radius 3 is 1.33 bits per heavy atom. The van der Waals surface area contributed by atoms with Gasteiger partial charge in [0.1, 0.15) is 0 Å². The minimum absolute atomic E-state index is 0.0518. The molecule has 0 spiro atoms. The number of carbonyl (C=O) groups excluding carboxylic acids is 1. The van der Waals surface area contributed by atoms with Crippen LogP contribution in [0.2, 0.25) is 0 Å². The molecule has 0 aliphatic rings. The van der Waals surface area contributed by atoms with Crippen LogP contribution in [0.3, 0.4) is 0 Å². The van der Waals surface area contributed by atoms with Crippen LogP contribution in [0.4, 0.5) is 0 Å². The Hall–Kier alpha value is -0.800. The summed E-state index contributed by atoms with van der Waals surface area (Å²) in [7, 11) is -4.40. The molecule has 0 aliphatic carbocycles. The van der Waals surface area contributed by atoms with Crippen LogP contribution >= 0.6 is 7.82 Å². The van der Waals surface area contributed by atoms with Gasteiger partial charge in [-0.2, -0.15) is 0 Å². The summed E-state index contributed by atoms with van der Waals surface area (Å²) in [5.41, 5.74) is 5.38. The number of phosphoric acid groups is 1. The van der Waals surface area contributed by atoms with Gasteiger partial charge in [0.2, 0.25) is 5.91 Å². The number of hydrogen-bond donors (Lipinski definition) is 5. The van der Waals surface area contributed by atoms with Crippen molar-refractivity contribution in [2.75, 3.05) is 19.8 Å². The van der Waals surface area contributed by atoms with E-state index in [0.29, 0.717) is 6.42 Å². The molecule has 9 nitrogen and oxygen atoms in total. The number of nitrogens with one attached hydrogen (secondary N) is 1. The van der Waals surface area contributed by atoms with Gasteiger partial charge in [-0.3, -0.25) is 13.8 Å². The number of aliphatic hydroxyl groups excluding tert-OH is 2. The predicted octanol–water partition coefficient (Wildman–Crippen LogP) is 13.3. The second-order valence-electron chi connectivity index (χ2n) is 17.2. The number of allylic oxidation sites excluding steroid dienone is 1. The maximum Gasteiger partial charge on any atom is 0.472 e. The van der Waals surface area contributed by atoms with E-state index in [1.807, 2.05) is 6.08 Å². The number of rotatable bonds is 47. The van der Waals surface area contributed by atoms with Crippen LogP contribution in [0.5, 0.6) is 0 Å². The number of carbonyl (C=O) groups is 1. The molecule has 10 heteroatoms. The smallest absolute Gasteiger partial charge is 0.393 e. The van der Waals surface area contributed by atoms with Gasteiger partial charge in [0.15, 0.2) is 0 Å². The van der Waals surface area contributed by atoms with Crippen LogP contribution in [0.15, 0.2) is 12.2 Å². The Balaban J connectivity index is 4.20. The molecule has 4 atom stereocenters. The quantitative estimate of drug-likeness (QED) is 0.0231. The van der Waals surface area contributed by atoms with Crippen LogP contribution in [-0.4, -0.2) is 59.0 Å². The molecular weight excluding hydrogens is 748 g/mol. The molecule has 0 saturated heterocycles. The number of hydrogen-bond acceptors (Lipinski definition) is 7. The first-order chi connectivity index (χ1) is 28.3. The molecule has 58 heavy (non-hydrogen) atoms. The molecule has 0 aliphatic heterocycles. The second kappa shape index (κ2) is 44.3. The SMILES string of the molecule is CCCCCCCCCCCCCCCCCCC/C=C/C(O)C(COP(=O)(O)OCCN)NC(=O)CC(O)CCCCCCCCCCCCCCCCCCC. The van der Waals surface area contributed by atoms with Crippen LogP contribution < -0.4 is 11.1 Å². The number of amides is 1. The largest absolute Gasteiger partial charge is 0.472 e. The molecule has 0 aromatic carbocycles. The topological polar surface area (TPSA) is 151 Å². The monoisotopic (exact) mass is 845 g/mol. The highest BCUT2D eigenvalue weighted by Crippen LogP contribution is 2.43. The third kappa shape index (κ3) is 41.9. The number of nitrogens with two attached hydrogens (primary N) is 1. The van der Waals surface area contributed by atoms with E-state index in [9.17, 15) is 24.5 Å². The van der Waals surface area contributed by atoms with E-state index in [1.54, 1.807) is 6.08 Å². The molecule has 0 fully saturated rings. The van der Waals surface area contributed by atoms with Gasteiger partial charge in [-0.25, -0.2) is 4.57 Å². The average Bonchev–Trinajstić information content (AvgIpc) is 3.20. The Morgan fingerprint density at radius 1 is 0.586 bits per heavy atom. The van der Waals surface area contributed by atoms with Crippen LogP contribution in [0.25, 0.3) is 0 Å². The standard InChI is InChI=1S/C48H97N2O7P/c1-3-5-7-9-11-13-15-17-19-21-22-24-26-28-30-32-34-36-38-40-47(52)46(44-57-58(54,55)56-42-41-49)50-48(53)43-45(51)39-37-35-33-31-29-27-25-23-20-18-16-14-12-10-8-6-4-2/h38,40,45-47,51-52H,3-37,39,41-44,49H2,1-2H3,(H,50,53)(H,54,55)/b40-38+. The van der Waals surface area contributed by atoms with E-state index in [-0.39, 0.29) is 19.6 Å². The molecule has 0 heterocycles. The van der Waals surface area contributed by atoms with Crippen molar-refractivity contribution in [3.8, 4) is 0 Å². The highest BCUT2D eigenvalue weighted by molar-refractivity contribution is 7.47. The fraction of sp³-hybridized carbons (Fsp3) is 0.938. The molecule has 6 N–H and O–H groups in total. The summed E-state index contributed by atoms with van der Waals surface area (Å²) < 4.78 is 22.2.